The van der Waals surface area contributed by atoms with Gasteiger partial charge in [-0.3, -0.25) is 4.90 Å². The molecule has 3 rings (SSSR count). The fourth-order valence-electron chi connectivity index (χ4n) is 3.44. The zero-order chi connectivity index (χ0) is 21.0. The highest BCUT2D eigenvalue weighted by molar-refractivity contribution is 7.98. The highest BCUT2D eigenvalue weighted by Crippen LogP contribution is 2.30. The first-order valence-electron chi connectivity index (χ1n) is 9.92. The molecule has 3 aromatic rings. The Bertz CT molecular complexity index is 1030. The summed E-state index contributed by atoms with van der Waals surface area (Å²) in [5.41, 5.74) is 0.817. The Kier molecular flexibility index (Phi) is 6.97. The minimum atomic E-state index is -0.425. The van der Waals surface area contributed by atoms with Crippen LogP contribution >= 0.6 is 11.8 Å². The summed E-state index contributed by atoms with van der Waals surface area (Å²) in [5.74, 6) is 1.62. The van der Waals surface area contributed by atoms with Crippen LogP contribution < -0.4 is 5.63 Å². The van der Waals surface area contributed by atoms with Gasteiger partial charge in [0.25, 0.3) is 0 Å². The highest BCUT2D eigenvalue weighted by atomic mass is 32.2. The van der Waals surface area contributed by atoms with Gasteiger partial charge in [-0.05, 0) is 44.6 Å². The van der Waals surface area contributed by atoms with Gasteiger partial charge in [0.05, 0.1) is 6.04 Å². The number of nitrogens with zero attached hydrogens (tertiary/aromatic N) is 4. The quantitative estimate of drug-likeness (QED) is 0.413. The summed E-state index contributed by atoms with van der Waals surface area (Å²) >= 11 is 1.57. The molecule has 2 aromatic heterocycles. The van der Waals surface area contributed by atoms with Crippen molar-refractivity contribution in [1.82, 2.24) is 19.7 Å². The molecule has 0 fully saturated rings. The number of phenols is 1. The van der Waals surface area contributed by atoms with Gasteiger partial charge in [-0.15, -0.1) is 10.2 Å². The van der Waals surface area contributed by atoms with E-state index in [0.29, 0.717) is 11.3 Å². The molecule has 0 aliphatic heterocycles. The molecule has 1 atom stereocenters. The van der Waals surface area contributed by atoms with Gasteiger partial charge in [-0.1, -0.05) is 32.0 Å². The van der Waals surface area contributed by atoms with Crippen LogP contribution in [0.3, 0.4) is 0 Å². The molecule has 156 valence electrons. The van der Waals surface area contributed by atoms with E-state index < -0.39 is 5.63 Å². The van der Waals surface area contributed by atoms with Crippen molar-refractivity contribution in [1.29, 1.82) is 0 Å². The van der Waals surface area contributed by atoms with Gasteiger partial charge in [0.1, 0.15) is 11.3 Å². The molecular weight excluding hydrogens is 388 g/mol. The molecule has 0 aliphatic carbocycles. The standard InChI is InChI=1S/C21H28N4O3S/c1-5-7-10-25-20(17(6-2)24(3)4)22-23-21(25)29-13-14-11-19(27)28-18-12-15(26)8-9-16(14)18/h8-9,11-12,17,26H,5-7,10,13H2,1-4H3. The van der Waals surface area contributed by atoms with Gasteiger partial charge >= 0.3 is 5.63 Å². The van der Waals surface area contributed by atoms with E-state index in [2.05, 4.69) is 47.6 Å². The topological polar surface area (TPSA) is 84.4 Å². The van der Waals surface area contributed by atoms with Gasteiger partial charge in [0.15, 0.2) is 11.0 Å². The van der Waals surface area contributed by atoms with E-state index >= 15 is 0 Å². The third-order valence-electron chi connectivity index (χ3n) is 4.96. The van der Waals surface area contributed by atoms with Crippen LogP contribution in [0.2, 0.25) is 0 Å². The molecule has 1 unspecified atom stereocenters. The van der Waals surface area contributed by atoms with Gasteiger partial charge in [0, 0.05) is 29.8 Å². The third-order valence-corrected chi connectivity index (χ3v) is 5.97. The summed E-state index contributed by atoms with van der Waals surface area (Å²) in [6.45, 7) is 5.20. The molecule has 8 heteroatoms. The van der Waals surface area contributed by atoms with Crippen molar-refractivity contribution < 1.29 is 9.52 Å². The summed E-state index contributed by atoms with van der Waals surface area (Å²) in [5, 5.41) is 20.3. The van der Waals surface area contributed by atoms with E-state index in [1.54, 1.807) is 23.9 Å². The minimum Gasteiger partial charge on any atom is -0.508 e. The number of aromatic nitrogens is 3. The molecule has 0 bridgehead atoms. The zero-order valence-electron chi connectivity index (χ0n) is 17.4. The summed E-state index contributed by atoms with van der Waals surface area (Å²) in [7, 11) is 4.12. The third kappa shape index (κ3) is 4.82. The summed E-state index contributed by atoms with van der Waals surface area (Å²) in [6, 6.07) is 6.56. The van der Waals surface area contributed by atoms with Crippen molar-refractivity contribution >= 4 is 22.7 Å². The van der Waals surface area contributed by atoms with Crippen molar-refractivity contribution in [2.45, 2.75) is 56.6 Å². The summed E-state index contributed by atoms with van der Waals surface area (Å²) in [4.78, 5) is 14.1. The second kappa shape index (κ2) is 9.45. The fourth-order valence-corrected chi connectivity index (χ4v) is 4.40. The number of benzene rings is 1. The number of phenolic OH excluding ortho intramolecular Hbond substituents is 1. The van der Waals surface area contributed by atoms with E-state index in [1.165, 1.54) is 12.1 Å². The number of fused-ring (bicyclic) bond motifs is 1. The number of unbranched alkanes of at least 4 members (excludes halogenated alkanes) is 1. The largest absolute Gasteiger partial charge is 0.508 e. The Morgan fingerprint density at radius 1 is 1.24 bits per heavy atom. The smallest absolute Gasteiger partial charge is 0.336 e. The van der Waals surface area contributed by atoms with Crippen molar-refractivity contribution in [2.24, 2.45) is 0 Å². The van der Waals surface area contributed by atoms with E-state index in [0.717, 1.165) is 47.7 Å². The molecule has 0 spiro atoms. The van der Waals surface area contributed by atoms with Gasteiger partial charge < -0.3 is 14.1 Å². The van der Waals surface area contributed by atoms with Crippen molar-refractivity contribution in [3.8, 4) is 5.75 Å². The zero-order valence-corrected chi connectivity index (χ0v) is 18.2. The Balaban J connectivity index is 1.92. The first-order chi connectivity index (χ1) is 13.9. The van der Waals surface area contributed by atoms with Crippen molar-refractivity contribution in [2.75, 3.05) is 14.1 Å². The Hall–Kier alpha value is -2.32. The first-order valence-corrected chi connectivity index (χ1v) is 10.9. The molecular formula is C21H28N4O3S. The predicted molar refractivity (Wildman–Crippen MR) is 115 cm³/mol. The normalized spacial score (nSPS) is 12.7. The molecule has 0 radical (unpaired) electrons. The minimum absolute atomic E-state index is 0.0729. The lowest BCUT2D eigenvalue weighted by molar-refractivity contribution is 0.270. The maximum absolute atomic E-state index is 11.9. The van der Waals surface area contributed by atoms with Crippen LogP contribution in [0, 0.1) is 0 Å². The second-order valence-corrected chi connectivity index (χ2v) is 8.24. The van der Waals surface area contributed by atoms with Crippen LogP contribution in [0.25, 0.3) is 11.0 Å². The lowest BCUT2D eigenvalue weighted by atomic mass is 10.1. The molecule has 0 amide bonds. The maximum Gasteiger partial charge on any atom is 0.336 e. The van der Waals surface area contributed by atoms with Gasteiger partial charge in [-0.2, -0.15) is 0 Å². The Morgan fingerprint density at radius 3 is 2.72 bits per heavy atom. The number of hydrogen-bond donors (Lipinski definition) is 1. The molecule has 29 heavy (non-hydrogen) atoms. The average molecular weight is 417 g/mol. The number of hydrogen-bond acceptors (Lipinski definition) is 7. The second-order valence-electron chi connectivity index (χ2n) is 7.29. The average Bonchev–Trinajstić information content (AvgIpc) is 3.06. The maximum atomic E-state index is 11.9. The van der Waals surface area contributed by atoms with Gasteiger partial charge in [0.2, 0.25) is 0 Å². The highest BCUT2D eigenvalue weighted by Gasteiger charge is 2.22. The lowest BCUT2D eigenvalue weighted by Crippen LogP contribution is -2.23. The molecule has 0 saturated carbocycles. The number of rotatable bonds is 9. The van der Waals surface area contributed by atoms with E-state index in [9.17, 15) is 9.90 Å². The molecule has 7 nitrogen and oxygen atoms in total. The van der Waals surface area contributed by atoms with Crippen molar-refractivity contribution in [3.05, 3.63) is 46.1 Å². The first kappa shape index (κ1) is 21.4. The van der Waals surface area contributed by atoms with E-state index in [4.69, 9.17) is 4.42 Å². The van der Waals surface area contributed by atoms with E-state index in [-0.39, 0.29) is 11.8 Å². The Morgan fingerprint density at radius 2 is 2.03 bits per heavy atom. The molecule has 1 N–H and O–H groups in total. The lowest BCUT2D eigenvalue weighted by Gasteiger charge is -2.23. The van der Waals surface area contributed by atoms with Crippen LogP contribution in [0.4, 0.5) is 0 Å². The molecule has 2 heterocycles. The van der Waals surface area contributed by atoms with Crippen LogP contribution in [-0.2, 0) is 12.3 Å². The molecule has 0 saturated heterocycles. The number of aromatic hydroxyl groups is 1. The van der Waals surface area contributed by atoms with Crippen LogP contribution in [-0.4, -0.2) is 38.9 Å². The molecule has 1 aromatic carbocycles. The summed E-state index contributed by atoms with van der Waals surface area (Å²) in [6.07, 6.45) is 3.10. The van der Waals surface area contributed by atoms with Crippen LogP contribution in [0.15, 0.2) is 38.6 Å². The SMILES string of the molecule is CCCCn1c(SCc2cc(=O)oc3cc(O)ccc23)nnc1C(CC)N(C)C. The monoisotopic (exact) mass is 416 g/mol. The van der Waals surface area contributed by atoms with Gasteiger partial charge in [-0.25, -0.2) is 4.79 Å². The molecule has 0 aliphatic rings. The number of thioether (sulfide) groups is 1. The summed E-state index contributed by atoms with van der Waals surface area (Å²) < 4.78 is 7.44. The fraction of sp³-hybridized carbons (Fsp3) is 0.476. The Labute approximate surface area is 174 Å². The predicted octanol–water partition coefficient (Wildman–Crippen LogP) is 4.20. The van der Waals surface area contributed by atoms with Crippen LogP contribution in [0.1, 0.15) is 50.5 Å². The van der Waals surface area contributed by atoms with Crippen molar-refractivity contribution in [3.63, 3.8) is 0 Å². The van der Waals surface area contributed by atoms with E-state index in [1.807, 2.05) is 0 Å². The van der Waals surface area contributed by atoms with Crippen LogP contribution in [0.5, 0.6) is 5.75 Å².